The highest BCUT2D eigenvalue weighted by Gasteiger charge is 2.34. The van der Waals surface area contributed by atoms with Crippen molar-refractivity contribution in [2.24, 2.45) is 0 Å². The van der Waals surface area contributed by atoms with Gasteiger partial charge in [-0.3, -0.25) is 0 Å². The van der Waals surface area contributed by atoms with Gasteiger partial charge in [-0.15, -0.1) is 0 Å². The number of aliphatic hydroxyl groups is 1. The molecule has 0 aliphatic carbocycles. The third-order valence-corrected chi connectivity index (χ3v) is 2.86. The lowest BCUT2D eigenvalue weighted by Crippen LogP contribution is -2.19. The highest BCUT2D eigenvalue weighted by atomic mass is 35.5. The van der Waals surface area contributed by atoms with Crippen LogP contribution < -0.4 is 0 Å². The minimum atomic E-state index is -1.43. The van der Waals surface area contributed by atoms with E-state index < -0.39 is 24.5 Å². The summed E-state index contributed by atoms with van der Waals surface area (Å²) in [7, 11) is 0. The fraction of sp³-hybridized carbons (Fsp3) is 0.417. The van der Waals surface area contributed by atoms with Crippen LogP contribution in [0.3, 0.4) is 0 Å². The minimum absolute atomic E-state index is 0.0229. The fourth-order valence-electron chi connectivity index (χ4n) is 1.65. The molecule has 0 radical (unpaired) electrons. The van der Waals surface area contributed by atoms with Crippen LogP contribution in [0.4, 0.5) is 4.39 Å². The van der Waals surface area contributed by atoms with E-state index in [1.165, 1.54) is 12.1 Å². The Bertz CT molecular complexity index is 413. The van der Waals surface area contributed by atoms with Crippen molar-refractivity contribution in [3.05, 3.63) is 34.9 Å². The summed E-state index contributed by atoms with van der Waals surface area (Å²) in [5.41, 5.74) is 0.356. The molecule has 1 unspecified atom stereocenters. The number of hydrogen-bond donors (Lipinski definition) is 1. The average Bonchev–Trinajstić information content (AvgIpc) is 2.67. The molecule has 4 nitrogen and oxygen atoms in total. The molecule has 0 aromatic heterocycles. The van der Waals surface area contributed by atoms with Crippen LogP contribution in [0.25, 0.3) is 0 Å². The van der Waals surface area contributed by atoms with Crippen LogP contribution in [0.15, 0.2) is 24.3 Å². The molecule has 1 aromatic rings. The van der Waals surface area contributed by atoms with Crippen molar-refractivity contribution in [3.63, 3.8) is 0 Å². The molecule has 6 heteroatoms. The summed E-state index contributed by atoms with van der Waals surface area (Å²) in [5.74, 6) is -0.535. The molecule has 1 aliphatic heterocycles. The summed E-state index contributed by atoms with van der Waals surface area (Å²) in [6, 6.07) is 6.22. The maximum atomic E-state index is 12.9. The van der Waals surface area contributed by atoms with Crippen molar-refractivity contribution < 1.29 is 23.8 Å². The van der Waals surface area contributed by atoms with Gasteiger partial charge in [0.05, 0.1) is 11.7 Å². The van der Waals surface area contributed by atoms with Gasteiger partial charge in [0.2, 0.25) is 0 Å². The summed E-state index contributed by atoms with van der Waals surface area (Å²) < 4.78 is 22.8. The zero-order valence-electron chi connectivity index (χ0n) is 9.38. The fourth-order valence-corrected chi connectivity index (χ4v) is 1.78. The standard InChI is InChI=1S/C12H12ClFO4/c13-8-3-1-7(2-4-8)11(15)17-6-9-5-10(14)12(16)18-9/h1-4,9-10,12,16H,5-6H2/t9-,10-,12?/m0/s1. The smallest absolute Gasteiger partial charge is 0.338 e. The van der Waals surface area contributed by atoms with Gasteiger partial charge in [0.1, 0.15) is 6.61 Å². The molecule has 1 N–H and O–H groups in total. The molecule has 18 heavy (non-hydrogen) atoms. The third kappa shape index (κ3) is 3.19. The summed E-state index contributed by atoms with van der Waals surface area (Å²) >= 11 is 5.69. The molecule has 0 bridgehead atoms. The van der Waals surface area contributed by atoms with Crippen molar-refractivity contribution in [2.75, 3.05) is 6.61 Å². The molecule has 1 heterocycles. The molecular formula is C12H12ClFO4. The Labute approximate surface area is 108 Å². The normalized spacial score (nSPS) is 27.2. The number of rotatable bonds is 3. The molecule has 1 fully saturated rings. The van der Waals surface area contributed by atoms with Crippen LogP contribution in [-0.2, 0) is 9.47 Å². The van der Waals surface area contributed by atoms with Gasteiger partial charge in [-0.25, -0.2) is 9.18 Å². The van der Waals surface area contributed by atoms with Crippen LogP contribution in [0.5, 0.6) is 0 Å². The van der Waals surface area contributed by atoms with Gasteiger partial charge in [-0.05, 0) is 24.3 Å². The second-order valence-corrected chi connectivity index (χ2v) is 4.44. The van der Waals surface area contributed by atoms with Gasteiger partial charge in [-0.1, -0.05) is 11.6 Å². The van der Waals surface area contributed by atoms with Crippen molar-refractivity contribution in [2.45, 2.75) is 25.0 Å². The number of hydrogen-bond acceptors (Lipinski definition) is 4. The highest BCUT2D eigenvalue weighted by molar-refractivity contribution is 6.30. The van der Waals surface area contributed by atoms with E-state index in [0.29, 0.717) is 10.6 Å². The minimum Gasteiger partial charge on any atom is -0.459 e. The zero-order valence-corrected chi connectivity index (χ0v) is 10.1. The number of alkyl halides is 1. The molecule has 2 rings (SSSR count). The summed E-state index contributed by atoms with van der Waals surface area (Å²) in [6.45, 7) is -0.0844. The monoisotopic (exact) mass is 274 g/mol. The largest absolute Gasteiger partial charge is 0.459 e. The summed E-state index contributed by atoms with van der Waals surface area (Å²) in [4.78, 5) is 11.6. The molecular weight excluding hydrogens is 263 g/mol. The second kappa shape index (κ2) is 5.65. The van der Waals surface area contributed by atoms with Crippen LogP contribution in [0.2, 0.25) is 5.02 Å². The van der Waals surface area contributed by atoms with Crippen molar-refractivity contribution in [1.82, 2.24) is 0 Å². The van der Waals surface area contributed by atoms with E-state index in [9.17, 15) is 9.18 Å². The molecule has 98 valence electrons. The Balaban J connectivity index is 1.84. The van der Waals surface area contributed by atoms with E-state index in [1.807, 2.05) is 0 Å². The average molecular weight is 275 g/mol. The Morgan fingerprint density at radius 3 is 2.72 bits per heavy atom. The number of benzene rings is 1. The Morgan fingerprint density at radius 2 is 2.17 bits per heavy atom. The van der Waals surface area contributed by atoms with Crippen molar-refractivity contribution >= 4 is 17.6 Å². The van der Waals surface area contributed by atoms with E-state index in [0.717, 1.165) is 0 Å². The SMILES string of the molecule is O=C(OC[C@@H]1C[C@H](F)C(O)O1)c1ccc(Cl)cc1. The highest BCUT2D eigenvalue weighted by Crippen LogP contribution is 2.22. The quantitative estimate of drug-likeness (QED) is 0.856. The van der Waals surface area contributed by atoms with Gasteiger partial charge in [0.25, 0.3) is 0 Å². The number of carbonyl (C=O) groups excluding carboxylic acids is 1. The first kappa shape index (κ1) is 13.3. The first-order valence-electron chi connectivity index (χ1n) is 5.46. The van der Waals surface area contributed by atoms with Crippen LogP contribution in [-0.4, -0.2) is 36.2 Å². The number of carbonyl (C=O) groups is 1. The number of esters is 1. The van der Waals surface area contributed by atoms with Crippen LogP contribution in [0.1, 0.15) is 16.8 Å². The predicted octanol–water partition coefficient (Wildman–Crippen LogP) is 1.94. The molecule has 0 amide bonds. The van der Waals surface area contributed by atoms with Gasteiger partial charge in [0.15, 0.2) is 12.5 Å². The molecule has 1 aromatic carbocycles. The molecule has 3 atom stereocenters. The van der Waals surface area contributed by atoms with Crippen LogP contribution >= 0.6 is 11.6 Å². The Kier molecular flexibility index (Phi) is 4.16. The summed E-state index contributed by atoms with van der Waals surface area (Å²) in [6.07, 6.45) is -3.44. The van der Waals surface area contributed by atoms with Crippen LogP contribution in [0, 0.1) is 0 Å². The number of halogens is 2. The lowest BCUT2D eigenvalue weighted by molar-refractivity contribution is -0.121. The second-order valence-electron chi connectivity index (χ2n) is 4.01. The maximum Gasteiger partial charge on any atom is 0.338 e. The summed E-state index contributed by atoms with van der Waals surface area (Å²) in [5, 5.41) is 9.55. The third-order valence-electron chi connectivity index (χ3n) is 2.61. The van der Waals surface area contributed by atoms with Crippen molar-refractivity contribution in [3.8, 4) is 0 Å². The van der Waals surface area contributed by atoms with Gasteiger partial charge >= 0.3 is 5.97 Å². The van der Waals surface area contributed by atoms with Gasteiger partial charge in [-0.2, -0.15) is 0 Å². The van der Waals surface area contributed by atoms with E-state index in [4.69, 9.17) is 26.2 Å². The lowest BCUT2D eigenvalue weighted by atomic mass is 10.2. The van der Waals surface area contributed by atoms with E-state index >= 15 is 0 Å². The number of aliphatic hydroxyl groups excluding tert-OH is 1. The Hall–Kier alpha value is -1.17. The zero-order chi connectivity index (χ0) is 13.1. The first-order chi connectivity index (χ1) is 8.56. The lowest BCUT2D eigenvalue weighted by Gasteiger charge is -2.10. The molecule has 0 spiro atoms. The first-order valence-corrected chi connectivity index (χ1v) is 5.84. The topological polar surface area (TPSA) is 55.8 Å². The van der Waals surface area contributed by atoms with E-state index in [-0.39, 0.29) is 13.0 Å². The molecule has 1 saturated heterocycles. The predicted molar refractivity (Wildman–Crippen MR) is 62.1 cm³/mol. The Morgan fingerprint density at radius 1 is 1.50 bits per heavy atom. The molecule has 0 saturated carbocycles. The van der Waals surface area contributed by atoms with Gasteiger partial charge in [0, 0.05) is 11.4 Å². The van der Waals surface area contributed by atoms with E-state index in [1.54, 1.807) is 12.1 Å². The molecule has 1 aliphatic rings. The number of ether oxygens (including phenoxy) is 2. The van der Waals surface area contributed by atoms with Gasteiger partial charge < -0.3 is 14.6 Å². The maximum absolute atomic E-state index is 12.9. The van der Waals surface area contributed by atoms with Crippen molar-refractivity contribution in [1.29, 1.82) is 0 Å². The van der Waals surface area contributed by atoms with E-state index in [2.05, 4.69) is 0 Å².